The number of hydrogen-bond acceptors (Lipinski definition) is 6. The number of aryl methyl sites for hydroxylation is 1. The van der Waals surface area contributed by atoms with E-state index in [9.17, 15) is 14.7 Å². The van der Waals surface area contributed by atoms with Crippen LogP contribution in [0.1, 0.15) is 32.7 Å². The summed E-state index contributed by atoms with van der Waals surface area (Å²) in [5, 5.41) is 9.42. The molecule has 0 radical (unpaired) electrons. The predicted octanol–water partition coefficient (Wildman–Crippen LogP) is 4.90. The first-order valence-corrected chi connectivity index (χ1v) is 10.6. The predicted molar refractivity (Wildman–Crippen MR) is 126 cm³/mol. The van der Waals surface area contributed by atoms with E-state index in [0.29, 0.717) is 28.1 Å². The van der Waals surface area contributed by atoms with Gasteiger partial charge in [-0.25, -0.2) is 14.8 Å². The Labute approximate surface area is 190 Å². The average molecular weight is 439 g/mol. The SMILES string of the molecule is COc1ccc(-c2nc3ccc(C(=O)O)cc3nc2N2CCCc3cc(C=O)ccc32)cc1. The number of methoxy groups -OCH3 is 1. The van der Waals surface area contributed by atoms with E-state index in [1.165, 1.54) is 6.07 Å². The van der Waals surface area contributed by atoms with Crippen LogP contribution >= 0.6 is 0 Å². The highest BCUT2D eigenvalue weighted by molar-refractivity contribution is 5.94. The van der Waals surface area contributed by atoms with Gasteiger partial charge in [0.1, 0.15) is 17.7 Å². The maximum Gasteiger partial charge on any atom is 0.335 e. The number of nitrogens with zero attached hydrogens (tertiary/aromatic N) is 3. The minimum absolute atomic E-state index is 0.162. The Kier molecular flexibility index (Phi) is 5.22. The van der Waals surface area contributed by atoms with Crippen molar-refractivity contribution < 1.29 is 19.4 Å². The third-order valence-corrected chi connectivity index (χ3v) is 5.87. The van der Waals surface area contributed by atoms with E-state index in [1.807, 2.05) is 36.4 Å². The molecule has 1 aromatic heterocycles. The van der Waals surface area contributed by atoms with Gasteiger partial charge in [-0.2, -0.15) is 0 Å². The first kappa shape index (κ1) is 20.6. The summed E-state index contributed by atoms with van der Waals surface area (Å²) >= 11 is 0. The largest absolute Gasteiger partial charge is 0.497 e. The van der Waals surface area contributed by atoms with Gasteiger partial charge < -0.3 is 14.7 Å². The molecule has 0 unspecified atom stereocenters. The fraction of sp³-hybridized carbons (Fsp3) is 0.154. The Hall–Kier alpha value is -4.26. The average Bonchev–Trinajstić information content (AvgIpc) is 2.86. The van der Waals surface area contributed by atoms with Crippen LogP contribution in [0.25, 0.3) is 22.3 Å². The topological polar surface area (TPSA) is 92.6 Å². The van der Waals surface area contributed by atoms with Crippen LogP contribution in [0.15, 0.2) is 60.7 Å². The van der Waals surface area contributed by atoms with Gasteiger partial charge in [0.25, 0.3) is 0 Å². The van der Waals surface area contributed by atoms with E-state index in [1.54, 1.807) is 25.3 Å². The molecule has 164 valence electrons. The minimum atomic E-state index is -1.01. The molecule has 0 amide bonds. The van der Waals surface area contributed by atoms with E-state index in [2.05, 4.69) is 4.90 Å². The zero-order chi connectivity index (χ0) is 22.9. The zero-order valence-corrected chi connectivity index (χ0v) is 18.0. The number of carbonyl (C=O) groups is 2. The Morgan fingerprint density at radius 2 is 1.85 bits per heavy atom. The number of fused-ring (bicyclic) bond motifs is 2. The summed E-state index contributed by atoms with van der Waals surface area (Å²) in [6, 6.07) is 18.0. The number of carboxylic acids is 1. The monoisotopic (exact) mass is 439 g/mol. The minimum Gasteiger partial charge on any atom is -0.497 e. The number of aromatic carboxylic acids is 1. The second-order valence-electron chi connectivity index (χ2n) is 7.89. The van der Waals surface area contributed by atoms with Crippen molar-refractivity contribution in [1.29, 1.82) is 0 Å². The van der Waals surface area contributed by atoms with Gasteiger partial charge in [0, 0.05) is 23.4 Å². The van der Waals surface area contributed by atoms with Crippen molar-refractivity contribution in [3.63, 3.8) is 0 Å². The Balaban J connectivity index is 1.73. The molecule has 0 saturated heterocycles. The third-order valence-electron chi connectivity index (χ3n) is 5.87. The number of ether oxygens (including phenoxy) is 1. The number of anilines is 2. The van der Waals surface area contributed by atoms with Gasteiger partial charge in [-0.15, -0.1) is 0 Å². The van der Waals surface area contributed by atoms with E-state index in [-0.39, 0.29) is 5.56 Å². The summed E-state index contributed by atoms with van der Waals surface area (Å²) in [6.45, 7) is 0.732. The van der Waals surface area contributed by atoms with Crippen molar-refractivity contribution in [1.82, 2.24) is 9.97 Å². The molecule has 33 heavy (non-hydrogen) atoms. The van der Waals surface area contributed by atoms with Crippen molar-refractivity contribution >= 4 is 34.8 Å². The maximum absolute atomic E-state index is 11.5. The molecule has 7 nitrogen and oxygen atoms in total. The van der Waals surface area contributed by atoms with Crippen molar-refractivity contribution in [2.24, 2.45) is 0 Å². The van der Waals surface area contributed by atoms with Gasteiger partial charge in [-0.3, -0.25) is 4.79 Å². The highest BCUT2D eigenvalue weighted by atomic mass is 16.5. The molecule has 4 aromatic rings. The fourth-order valence-electron chi connectivity index (χ4n) is 4.22. The van der Waals surface area contributed by atoms with E-state index < -0.39 is 5.97 Å². The van der Waals surface area contributed by atoms with Crippen LogP contribution in [0, 0.1) is 0 Å². The van der Waals surface area contributed by atoms with Gasteiger partial charge in [-0.1, -0.05) is 0 Å². The lowest BCUT2D eigenvalue weighted by Gasteiger charge is -2.32. The van der Waals surface area contributed by atoms with Crippen molar-refractivity contribution in [3.8, 4) is 17.0 Å². The van der Waals surface area contributed by atoms with Gasteiger partial charge in [0.15, 0.2) is 5.82 Å². The molecule has 5 rings (SSSR count). The van der Waals surface area contributed by atoms with E-state index in [0.717, 1.165) is 48.2 Å². The molecule has 0 saturated carbocycles. The lowest BCUT2D eigenvalue weighted by molar-refractivity contribution is 0.0697. The van der Waals surface area contributed by atoms with Crippen molar-refractivity contribution in [2.75, 3.05) is 18.6 Å². The zero-order valence-electron chi connectivity index (χ0n) is 18.0. The summed E-state index contributed by atoms with van der Waals surface area (Å²) in [5.74, 6) is 0.379. The third kappa shape index (κ3) is 3.78. The van der Waals surface area contributed by atoms with Crippen LogP contribution in [0.2, 0.25) is 0 Å². The summed E-state index contributed by atoms with van der Waals surface area (Å²) < 4.78 is 5.30. The lowest BCUT2D eigenvalue weighted by Crippen LogP contribution is -2.26. The first-order valence-electron chi connectivity index (χ1n) is 10.6. The highest BCUT2D eigenvalue weighted by Crippen LogP contribution is 2.38. The van der Waals surface area contributed by atoms with Crippen LogP contribution in [-0.4, -0.2) is 41.0 Å². The Bertz CT molecular complexity index is 1380. The van der Waals surface area contributed by atoms with Gasteiger partial charge >= 0.3 is 5.97 Å². The van der Waals surface area contributed by atoms with Crippen molar-refractivity contribution in [3.05, 3.63) is 77.4 Å². The number of carbonyl (C=O) groups excluding carboxylic acids is 1. The number of hydrogen-bond donors (Lipinski definition) is 1. The van der Waals surface area contributed by atoms with E-state index in [4.69, 9.17) is 14.7 Å². The van der Waals surface area contributed by atoms with Crippen LogP contribution in [0.5, 0.6) is 5.75 Å². The van der Waals surface area contributed by atoms with Crippen LogP contribution < -0.4 is 9.64 Å². The number of aldehydes is 1. The molecule has 7 heteroatoms. The Morgan fingerprint density at radius 1 is 1.03 bits per heavy atom. The molecule has 0 bridgehead atoms. The molecule has 0 fully saturated rings. The molecule has 1 aliphatic heterocycles. The summed E-state index contributed by atoms with van der Waals surface area (Å²) in [4.78, 5) is 34.7. The van der Waals surface area contributed by atoms with Crippen molar-refractivity contribution in [2.45, 2.75) is 12.8 Å². The molecule has 0 atom stereocenters. The molecular weight excluding hydrogens is 418 g/mol. The van der Waals surface area contributed by atoms with Gasteiger partial charge in [0.2, 0.25) is 0 Å². The molecule has 0 aliphatic carbocycles. The molecule has 3 aromatic carbocycles. The number of rotatable bonds is 5. The molecular formula is C26H21N3O4. The number of benzene rings is 3. The molecule has 1 N–H and O–H groups in total. The van der Waals surface area contributed by atoms with Crippen LogP contribution in [0.4, 0.5) is 11.5 Å². The van der Waals surface area contributed by atoms with Gasteiger partial charge in [0.05, 0.1) is 23.7 Å². The van der Waals surface area contributed by atoms with E-state index >= 15 is 0 Å². The smallest absolute Gasteiger partial charge is 0.335 e. The standard InChI is InChI=1S/C26H21N3O4/c1-33-20-8-5-17(6-9-20)24-25(28-22-14-19(26(31)32)7-10-21(22)27-24)29-12-2-3-18-13-16(15-30)4-11-23(18)29/h4-11,13-15H,2-3,12H2,1H3,(H,31,32). The molecule has 1 aliphatic rings. The maximum atomic E-state index is 11.5. The summed E-state index contributed by atoms with van der Waals surface area (Å²) in [6.07, 6.45) is 2.62. The number of carboxylic acid groups (broad SMARTS) is 1. The molecule has 2 heterocycles. The quantitative estimate of drug-likeness (QED) is 0.442. The highest BCUT2D eigenvalue weighted by Gasteiger charge is 2.24. The lowest BCUT2D eigenvalue weighted by atomic mass is 9.99. The van der Waals surface area contributed by atoms with Crippen LogP contribution in [-0.2, 0) is 6.42 Å². The van der Waals surface area contributed by atoms with Crippen LogP contribution in [0.3, 0.4) is 0 Å². The Morgan fingerprint density at radius 3 is 2.58 bits per heavy atom. The second-order valence-corrected chi connectivity index (χ2v) is 7.89. The second kappa shape index (κ2) is 8.35. The molecule has 0 spiro atoms. The first-order chi connectivity index (χ1) is 16.1. The summed E-state index contributed by atoms with van der Waals surface area (Å²) in [5.41, 5.74) is 5.55. The normalized spacial score (nSPS) is 12.9. The van der Waals surface area contributed by atoms with Gasteiger partial charge in [-0.05, 0) is 79.1 Å². The summed E-state index contributed by atoms with van der Waals surface area (Å²) in [7, 11) is 1.62. The fourth-order valence-corrected chi connectivity index (χ4v) is 4.22. The number of aromatic nitrogens is 2.